The minimum atomic E-state index is -4.46. The largest absolute Gasteiger partial charge is 0.385 e. The molecule has 2 aromatic rings. The lowest BCUT2D eigenvalue weighted by molar-refractivity contribution is 0.0282. The van der Waals surface area contributed by atoms with Gasteiger partial charge in [0, 0.05) is 12.8 Å². The average molecular weight is 424 g/mol. The van der Waals surface area contributed by atoms with Gasteiger partial charge < -0.3 is 5.11 Å². The van der Waals surface area contributed by atoms with Gasteiger partial charge in [-0.1, -0.05) is 82.8 Å². The molecule has 0 saturated heterocycles. The highest BCUT2D eigenvalue weighted by Crippen LogP contribution is 2.42. The summed E-state index contributed by atoms with van der Waals surface area (Å²) in [5.74, 6) is 0. The van der Waals surface area contributed by atoms with E-state index in [9.17, 15) is 18.1 Å². The predicted octanol–water partition coefficient (Wildman–Crippen LogP) is 4.43. The van der Waals surface area contributed by atoms with E-state index < -0.39 is 19.5 Å². The van der Waals surface area contributed by atoms with Crippen LogP contribution in [0.25, 0.3) is 0 Å². The first-order chi connectivity index (χ1) is 11.4. The minimum absolute atomic E-state index is 0.151. The van der Waals surface area contributed by atoms with Gasteiger partial charge >= 0.3 is 0 Å². The highest BCUT2D eigenvalue weighted by atomic mass is 35.6. The summed E-state index contributed by atoms with van der Waals surface area (Å²) in [7, 11) is -4.46. The van der Waals surface area contributed by atoms with Gasteiger partial charge in [0.25, 0.3) is 10.1 Å². The molecule has 0 radical (unpaired) electrons. The Hall–Kier alpha value is -0.820. The molecule has 1 atom stereocenters. The van der Waals surface area contributed by atoms with Crippen LogP contribution in [0.2, 0.25) is 0 Å². The van der Waals surface area contributed by atoms with Crippen LogP contribution in [-0.4, -0.2) is 21.9 Å². The molecule has 2 rings (SSSR count). The Kier molecular flexibility index (Phi) is 6.09. The Bertz CT molecular complexity index is 848. The number of benzene rings is 2. The summed E-state index contributed by atoms with van der Waals surface area (Å²) in [6.07, 6.45) is -0.407. The second kappa shape index (κ2) is 7.43. The summed E-state index contributed by atoms with van der Waals surface area (Å²) in [6.45, 7) is 1.77. The molecule has 0 aliphatic carbocycles. The van der Waals surface area contributed by atoms with Crippen LogP contribution in [0.15, 0.2) is 53.4 Å². The van der Waals surface area contributed by atoms with Crippen molar-refractivity contribution in [3.05, 3.63) is 65.2 Å². The van der Waals surface area contributed by atoms with Crippen LogP contribution >= 0.6 is 34.8 Å². The van der Waals surface area contributed by atoms with Gasteiger partial charge in [-0.25, -0.2) is 0 Å². The smallest absolute Gasteiger partial charge is 0.294 e. The van der Waals surface area contributed by atoms with Crippen LogP contribution in [0.3, 0.4) is 0 Å². The molecule has 0 amide bonds. The molecule has 0 spiro atoms. The van der Waals surface area contributed by atoms with E-state index in [1.807, 2.05) is 0 Å². The molecule has 4 nitrogen and oxygen atoms in total. The van der Waals surface area contributed by atoms with E-state index in [0.717, 1.165) is 5.56 Å². The molecular formula is C17H17Cl3O4S. The first-order valence-electron chi connectivity index (χ1n) is 7.32. The van der Waals surface area contributed by atoms with Crippen molar-refractivity contribution < 1.29 is 18.1 Å². The van der Waals surface area contributed by atoms with E-state index in [0.29, 0.717) is 5.56 Å². The second-order valence-corrected chi connectivity index (χ2v) is 9.86. The Morgan fingerprint density at radius 3 is 2.16 bits per heavy atom. The van der Waals surface area contributed by atoms with Crippen molar-refractivity contribution in [3.63, 3.8) is 0 Å². The zero-order valence-corrected chi connectivity index (χ0v) is 16.4. The molecule has 1 unspecified atom stereocenters. The van der Waals surface area contributed by atoms with Crippen LogP contribution < -0.4 is 0 Å². The van der Waals surface area contributed by atoms with Crippen molar-refractivity contribution in [2.75, 3.05) is 0 Å². The fourth-order valence-electron chi connectivity index (χ4n) is 2.76. The highest BCUT2D eigenvalue weighted by molar-refractivity contribution is 7.85. The number of aliphatic hydroxyl groups is 1. The Morgan fingerprint density at radius 1 is 1.04 bits per heavy atom. The zero-order chi connectivity index (χ0) is 18.9. The fraction of sp³-hybridized carbons (Fsp3) is 0.294. The van der Waals surface area contributed by atoms with E-state index in [-0.39, 0.29) is 23.3 Å². The van der Waals surface area contributed by atoms with Crippen molar-refractivity contribution in [2.45, 2.75) is 34.1 Å². The van der Waals surface area contributed by atoms with E-state index >= 15 is 0 Å². The van der Waals surface area contributed by atoms with Gasteiger partial charge in [0.05, 0.1) is 10.5 Å². The van der Waals surface area contributed by atoms with Crippen molar-refractivity contribution in [2.24, 2.45) is 0 Å². The number of halogens is 3. The van der Waals surface area contributed by atoms with Gasteiger partial charge in [0.2, 0.25) is 0 Å². The van der Waals surface area contributed by atoms with Crippen molar-refractivity contribution >= 4 is 44.9 Å². The molecule has 2 aromatic carbocycles. The lowest BCUT2D eigenvalue weighted by Gasteiger charge is -2.32. The third-order valence-electron chi connectivity index (χ3n) is 3.78. The molecule has 0 heterocycles. The fourth-order valence-corrected chi connectivity index (χ4v) is 4.13. The van der Waals surface area contributed by atoms with Gasteiger partial charge in [0.15, 0.2) is 3.79 Å². The van der Waals surface area contributed by atoms with Crippen LogP contribution in [0.1, 0.15) is 23.1 Å². The van der Waals surface area contributed by atoms with E-state index in [1.54, 1.807) is 49.4 Å². The lowest BCUT2D eigenvalue weighted by Crippen LogP contribution is -2.34. The normalized spacial score (nSPS) is 15.0. The molecule has 0 bridgehead atoms. The zero-order valence-electron chi connectivity index (χ0n) is 13.3. The SMILES string of the molecule is Cc1ccc(S(=O)(=O)O)c(CC(O)(CC(Cl)(Cl)Cl)c2ccccc2)c1. The second-order valence-electron chi connectivity index (χ2n) is 5.95. The minimum Gasteiger partial charge on any atom is -0.385 e. The molecule has 25 heavy (non-hydrogen) atoms. The van der Waals surface area contributed by atoms with Crippen LogP contribution in [0, 0.1) is 6.92 Å². The number of hydrogen-bond donors (Lipinski definition) is 2. The standard InChI is InChI=1S/C17H17Cl3O4S/c1-12-7-8-15(25(22,23)24)13(9-12)10-16(21,11-17(18,19)20)14-5-3-2-4-6-14/h2-9,21H,10-11H2,1H3,(H,22,23,24). The van der Waals surface area contributed by atoms with Crippen molar-refractivity contribution in [3.8, 4) is 0 Å². The number of rotatable bonds is 5. The maximum absolute atomic E-state index is 11.7. The lowest BCUT2D eigenvalue weighted by atomic mass is 9.84. The van der Waals surface area contributed by atoms with E-state index in [4.69, 9.17) is 34.8 Å². The van der Waals surface area contributed by atoms with Gasteiger partial charge in [-0.2, -0.15) is 8.42 Å². The quantitative estimate of drug-likeness (QED) is 0.551. The molecule has 0 fully saturated rings. The van der Waals surface area contributed by atoms with E-state index in [1.165, 1.54) is 6.07 Å². The summed E-state index contributed by atoms with van der Waals surface area (Å²) in [4.78, 5) is -0.281. The number of aryl methyl sites for hydroxylation is 1. The molecule has 136 valence electrons. The maximum atomic E-state index is 11.7. The molecule has 0 saturated carbocycles. The van der Waals surface area contributed by atoms with Crippen LogP contribution in [-0.2, 0) is 22.1 Å². The molecule has 0 aliphatic rings. The molecule has 2 N–H and O–H groups in total. The summed E-state index contributed by atoms with van der Waals surface area (Å²) < 4.78 is 31.1. The highest BCUT2D eigenvalue weighted by Gasteiger charge is 2.39. The van der Waals surface area contributed by atoms with Gasteiger partial charge in [0.1, 0.15) is 0 Å². The third-order valence-corrected chi connectivity index (χ3v) is 5.14. The molecule has 0 aliphatic heterocycles. The van der Waals surface area contributed by atoms with Crippen molar-refractivity contribution in [1.82, 2.24) is 0 Å². The van der Waals surface area contributed by atoms with Gasteiger partial charge in [-0.3, -0.25) is 4.55 Å². The summed E-state index contributed by atoms with van der Waals surface area (Å²) in [5.41, 5.74) is -0.154. The number of alkyl halides is 3. The Morgan fingerprint density at radius 2 is 1.64 bits per heavy atom. The summed E-state index contributed by atoms with van der Waals surface area (Å²) in [6, 6.07) is 13.0. The number of hydrogen-bond acceptors (Lipinski definition) is 3. The monoisotopic (exact) mass is 422 g/mol. The van der Waals surface area contributed by atoms with Crippen molar-refractivity contribution in [1.29, 1.82) is 0 Å². The molecule has 0 aromatic heterocycles. The first-order valence-corrected chi connectivity index (χ1v) is 9.90. The summed E-state index contributed by atoms with van der Waals surface area (Å²) >= 11 is 17.7. The molecule has 8 heteroatoms. The predicted molar refractivity (Wildman–Crippen MR) is 99.9 cm³/mol. The van der Waals surface area contributed by atoms with Gasteiger partial charge in [-0.15, -0.1) is 0 Å². The Labute approximate surface area is 162 Å². The van der Waals surface area contributed by atoms with Crippen LogP contribution in [0.4, 0.5) is 0 Å². The average Bonchev–Trinajstić information content (AvgIpc) is 2.45. The topological polar surface area (TPSA) is 74.6 Å². The Balaban J connectivity index is 2.57. The van der Waals surface area contributed by atoms with E-state index in [2.05, 4.69) is 0 Å². The first kappa shape index (κ1) is 20.5. The maximum Gasteiger partial charge on any atom is 0.294 e. The van der Waals surface area contributed by atoms with Gasteiger partial charge in [-0.05, 0) is 24.1 Å². The summed E-state index contributed by atoms with van der Waals surface area (Å²) in [5, 5.41) is 11.2. The third kappa shape index (κ3) is 5.58. The van der Waals surface area contributed by atoms with Crippen LogP contribution in [0.5, 0.6) is 0 Å². The molecular weight excluding hydrogens is 407 g/mol.